The second-order valence-corrected chi connectivity index (χ2v) is 6.18. The Morgan fingerprint density at radius 2 is 1.88 bits per heavy atom. The fraction of sp³-hybridized carbons (Fsp3) is 0.238. The minimum absolute atomic E-state index is 0.0593. The van der Waals surface area contributed by atoms with E-state index in [2.05, 4.69) is 0 Å². The van der Waals surface area contributed by atoms with E-state index in [1.165, 1.54) is 6.92 Å². The zero-order chi connectivity index (χ0) is 18.0. The number of carbonyl (C=O) groups excluding carboxylic acids is 1. The van der Waals surface area contributed by atoms with Crippen LogP contribution in [0.3, 0.4) is 0 Å². The largest absolute Gasteiger partial charge is 0.483 e. The lowest BCUT2D eigenvalue weighted by Crippen LogP contribution is -2.20. The molecular formula is C21H20O4. The zero-order valence-corrected chi connectivity index (χ0v) is 14.5. The second-order valence-electron chi connectivity index (χ2n) is 6.18. The highest BCUT2D eigenvalue weighted by molar-refractivity contribution is 5.83. The Labute approximate surface area is 146 Å². The Balaban J connectivity index is 2.00. The summed E-state index contributed by atoms with van der Waals surface area (Å²) in [5.74, 6) is 0.449. The third kappa shape index (κ3) is 3.63. The van der Waals surface area contributed by atoms with Gasteiger partial charge in [-0.3, -0.25) is 4.79 Å². The summed E-state index contributed by atoms with van der Waals surface area (Å²) in [5, 5.41) is 0.869. The first-order chi connectivity index (χ1) is 12.0. The molecule has 0 unspecified atom stereocenters. The lowest BCUT2D eigenvalue weighted by molar-refractivity contribution is -0.122. The molecule has 4 nitrogen and oxygen atoms in total. The van der Waals surface area contributed by atoms with Gasteiger partial charge in [0.05, 0.1) is 0 Å². The van der Waals surface area contributed by atoms with Crippen LogP contribution in [0.25, 0.3) is 11.0 Å². The number of aryl methyl sites for hydroxylation is 1. The number of hydrogen-bond acceptors (Lipinski definition) is 4. The molecule has 0 radical (unpaired) electrons. The van der Waals surface area contributed by atoms with E-state index in [9.17, 15) is 9.59 Å². The average Bonchev–Trinajstić information content (AvgIpc) is 2.59. The Morgan fingerprint density at radius 1 is 1.16 bits per heavy atom. The smallest absolute Gasteiger partial charge is 0.340 e. The Bertz CT molecular complexity index is 970. The summed E-state index contributed by atoms with van der Waals surface area (Å²) in [6.45, 7) is 5.10. The molecule has 0 spiro atoms. The van der Waals surface area contributed by atoms with E-state index in [4.69, 9.17) is 9.15 Å². The van der Waals surface area contributed by atoms with Crippen molar-refractivity contribution in [2.24, 2.45) is 0 Å². The molecule has 25 heavy (non-hydrogen) atoms. The van der Waals surface area contributed by atoms with Crippen molar-refractivity contribution in [3.05, 3.63) is 75.6 Å². The van der Waals surface area contributed by atoms with E-state index in [0.29, 0.717) is 23.3 Å². The van der Waals surface area contributed by atoms with Crippen molar-refractivity contribution in [2.75, 3.05) is 0 Å². The number of Topliss-reactive ketones (excluding diaryl/α,β-unsaturated/α-hetero) is 1. The number of ketones is 1. The standard InChI is InChI=1S/C21H20O4/c1-13-18-10-9-17(24-15(3)14(2)22)12-20(18)25-21(23)19(13)11-16-7-5-4-6-8-16/h4-10,12,15H,11H2,1-3H3/t15-/m0/s1. The fourth-order valence-corrected chi connectivity index (χ4v) is 2.74. The van der Waals surface area contributed by atoms with Crippen LogP contribution in [0, 0.1) is 6.92 Å². The minimum atomic E-state index is -0.539. The Hall–Kier alpha value is -2.88. The van der Waals surface area contributed by atoms with Crippen LogP contribution in [0.15, 0.2) is 57.7 Å². The molecule has 0 aliphatic heterocycles. The maximum Gasteiger partial charge on any atom is 0.340 e. The number of rotatable bonds is 5. The summed E-state index contributed by atoms with van der Waals surface area (Å²) < 4.78 is 11.1. The predicted molar refractivity (Wildman–Crippen MR) is 97.2 cm³/mol. The van der Waals surface area contributed by atoms with Gasteiger partial charge in [-0.1, -0.05) is 30.3 Å². The summed E-state index contributed by atoms with van der Waals surface area (Å²) in [6, 6.07) is 15.1. The summed E-state index contributed by atoms with van der Waals surface area (Å²) in [6.07, 6.45) is -0.00693. The van der Waals surface area contributed by atoms with Crippen molar-refractivity contribution in [1.82, 2.24) is 0 Å². The van der Waals surface area contributed by atoms with Crippen molar-refractivity contribution in [3.8, 4) is 5.75 Å². The number of benzene rings is 2. The van der Waals surface area contributed by atoms with Gasteiger partial charge < -0.3 is 9.15 Å². The molecule has 0 aliphatic rings. The van der Waals surface area contributed by atoms with Gasteiger partial charge in [0.15, 0.2) is 11.9 Å². The molecule has 0 N–H and O–H groups in total. The van der Waals surface area contributed by atoms with Crippen molar-refractivity contribution >= 4 is 16.8 Å². The van der Waals surface area contributed by atoms with Crippen LogP contribution in [0.2, 0.25) is 0 Å². The van der Waals surface area contributed by atoms with Crippen molar-refractivity contribution in [1.29, 1.82) is 0 Å². The highest BCUT2D eigenvalue weighted by atomic mass is 16.5. The van der Waals surface area contributed by atoms with Gasteiger partial charge in [0, 0.05) is 23.4 Å². The highest BCUT2D eigenvalue weighted by Gasteiger charge is 2.14. The van der Waals surface area contributed by atoms with E-state index in [1.807, 2.05) is 43.3 Å². The average molecular weight is 336 g/mol. The molecule has 2 aromatic carbocycles. The third-order valence-corrected chi connectivity index (χ3v) is 4.37. The molecule has 1 atom stereocenters. The fourth-order valence-electron chi connectivity index (χ4n) is 2.74. The van der Waals surface area contributed by atoms with Gasteiger partial charge in [-0.25, -0.2) is 4.79 Å². The van der Waals surface area contributed by atoms with Gasteiger partial charge in [0.1, 0.15) is 11.3 Å². The maximum atomic E-state index is 12.4. The zero-order valence-electron chi connectivity index (χ0n) is 14.5. The van der Waals surface area contributed by atoms with E-state index in [1.54, 1.807) is 19.1 Å². The van der Waals surface area contributed by atoms with E-state index in [0.717, 1.165) is 16.5 Å². The normalized spacial score (nSPS) is 12.1. The first-order valence-corrected chi connectivity index (χ1v) is 8.23. The number of fused-ring (bicyclic) bond motifs is 1. The maximum absolute atomic E-state index is 12.4. The van der Waals surface area contributed by atoms with Gasteiger partial charge >= 0.3 is 5.63 Å². The summed E-state index contributed by atoms with van der Waals surface area (Å²) in [5.41, 5.74) is 2.75. The van der Waals surface area contributed by atoms with Gasteiger partial charge in [-0.2, -0.15) is 0 Å². The monoisotopic (exact) mass is 336 g/mol. The summed E-state index contributed by atoms with van der Waals surface area (Å²) in [4.78, 5) is 23.8. The third-order valence-electron chi connectivity index (χ3n) is 4.37. The second kappa shape index (κ2) is 6.93. The van der Waals surface area contributed by atoms with E-state index >= 15 is 0 Å². The predicted octanol–water partition coefficient (Wildman–Crippen LogP) is 4.05. The number of carbonyl (C=O) groups is 1. The van der Waals surface area contributed by atoms with Crippen molar-refractivity contribution < 1.29 is 13.9 Å². The molecule has 128 valence electrons. The van der Waals surface area contributed by atoms with Crippen LogP contribution in [-0.4, -0.2) is 11.9 Å². The molecule has 4 heteroatoms. The van der Waals surface area contributed by atoms with Crippen molar-refractivity contribution in [2.45, 2.75) is 33.3 Å². The summed E-state index contributed by atoms with van der Waals surface area (Å²) >= 11 is 0. The molecular weight excluding hydrogens is 316 g/mol. The van der Waals surface area contributed by atoms with Gasteiger partial charge in [-0.15, -0.1) is 0 Å². The van der Waals surface area contributed by atoms with Crippen LogP contribution in [0.4, 0.5) is 0 Å². The van der Waals surface area contributed by atoms with E-state index < -0.39 is 6.10 Å². The molecule has 0 fully saturated rings. The minimum Gasteiger partial charge on any atom is -0.483 e. The SMILES string of the molecule is CC(=O)[C@H](C)Oc1ccc2c(C)c(Cc3ccccc3)c(=O)oc2c1. The van der Waals surface area contributed by atoms with Crippen LogP contribution in [0.5, 0.6) is 5.75 Å². The molecule has 0 bridgehead atoms. The topological polar surface area (TPSA) is 56.5 Å². The number of hydrogen-bond donors (Lipinski definition) is 0. The molecule has 1 aromatic heterocycles. The lowest BCUT2D eigenvalue weighted by Gasteiger charge is -2.13. The highest BCUT2D eigenvalue weighted by Crippen LogP contribution is 2.25. The Morgan fingerprint density at radius 3 is 2.56 bits per heavy atom. The molecule has 3 rings (SSSR count). The van der Waals surface area contributed by atoms with Gasteiger partial charge in [-0.05, 0) is 44.0 Å². The van der Waals surface area contributed by atoms with Crippen LogP contribution < -0.4 is 10.4 Å². The molecule has 0 saturated heterocycles. The van der Waals surface area contributed by atoms with Crippen LogP contribution >= 0.6 is 0 Å². The summed E-state index contributed by atoms with van der Waals surface area (Å²) in [7, 11) is 0. The molecule has 0 amide bonds. The quantitative estimate of drug-likeness (QED) is 0.660. The lowest BCUT2D eigenvalue weighted by atomic mass is 10.00. The van der Waals surface area contributed by atoms with Gasteiger partial charge in [0.2, 0.25) is 0 Å². The first-order valence-electron chi connectivity index (χ1n) is 8.23. The van der Waals surface area contributed by atoms with Crippen LogP contribution in [0.1, 0.15) is 30.5 Å². The van der Waals surface area contributed by atoms with Crippen molar-refractivity contribution in [3.63, 3.8) is 0 Å². The molecule has 1 heterocycles. The molecule has 0 saturated carbocycles. The van der Waals surface area contributed by atoms with Gasteiger partial charge in [0.25, 0.3) is 0 Å². The number of ether oxygens (including phenoxy) is 1. The first kappa shape index (κ1) is 17.0. The van der Waals surface area contributed by atoms with E-state index in [-0.39, 0.29) is 11.4 Å². The van der Waals surface area contributed by atoms with Crippen LogP contribution in [-0.2, 0) is 11.2 Å². The molecule has 3 aromatic rings. The molecule has 0 aliphatic carbocycles. The Kier molecular flexibility index (Phi) is 4.70.